The van der Waals surface area contributed by atoms with Gasteiger partial charge in [-0.15, -0.1) is 10.2 Å². The molecule has 0 atom stereocenters. The lowest BCUT2D eigenvalue weighted by molar-refractivity contribution is -0.118. The first-order valence-electron chi connectivity index (χ1n) is 9.40. The van der Waals surface area contributed by atoms with Gasteiger partial charge in [-0.3, -0.25) is 9.20 Å². The molecule has 29 heavy (non-hydrogen) atoms. The maximum absolute atomic E-state index is 12.0. The molecule has 150 valence electrons. The summed E-state index contributed by atoms with van der Waals surface area (Å²) in [5.41, 5.74) is 3.35. The molecule has 0 radical (unpaired) electrons. The molecule has 0 fully saturated rings. The Bertz CT molecular complexity index is 1150. The quantitative estimate of drug-likeness (QED) is 0.451. The van der Waals surface area contributed by atoms with E-state index in [9.17, 15) is 4.79 Å². The molecule has 0 saturated carbocycles. The Labute approximate surface area is 177 Å². The molecular weight excluding hydrogens is 408 g/mol. The minimum Gasteiger partial charge on any atom is -0.355 e. The Balaban J connectivity index is 1.53. The van der Waals surface area contributed by atoms with Gasteiger partial charge in [0.2, 0.25) is 5.91 Å². The van der Waals surface area contributed by atoms with E-state index in [0.717, 1.165) is 23.2 Å². The number of fused-ring (bicyclic) bond motifs is 3. The smallest absolute Gasteiger partial charge is 0.230 e. The van der Waals surface area contributed by atoms with Gasteiger partial charge in [0.05, 0.1) is 11.4 Å². The van der Waals surface area contributed by atoms with Gasteiger partial charge in [-0.05, 0) is 30.5 Å². The largest absolute Gasteiger partial charge is 0.355 e. The van der Waals surface area contributed by atoms with Crippen LogP contribution in [0.2, 0.25) is 5.02 Å². The molecule has 0 aliphatic rings. The van der Waals surface area contributed by atoms with Gasteiger partial charge in [0.15, 0.2) is 10.8 Å². The van der Waals surface area contributed by atoms with Gasteiger partial charge in [0.25, 0.3) is 0 Å². The lowest BCUT2D eigenvalue weighted by Gasteiger charge is -2.06. The van der Waals surface area contributed by atoms with E-state index in [1.165, 1.54) is 11.8 Å². The first kappa shape index (κ1) is 19.7. The summed E-state index contributed by atoms with van der Waals surface area (Å²) in [6.45, 7) is 4.97. The van der Waals surface area contributed by atoms with Crippen LogP contribution in [0.15, 0.2) is 47.9 Å². The third-order valence-electron chi connectivity index (χ3n) is 4.50. The standard InChI is InChI=1S/C20H21ClN6OS/c1-13(2)7-8-22-18(28)12-29-20-24-23-19-17-11-16(14-3-5-15(21)6-4-14)25-27(17)10-9-26(19)20/h3-6,9-11,13H,7-8,12H2,1-2H3,(H,22,28). The van der Waals surface area contributed by atoms with Crippen LogP contribution in [-0.4, -0.2) is 42.4 Å². The van der Waals surface area contributed by atoms with Crippen molar-refractivity contribution in [2.45, 2.75) is 25.4 Å². The summed E-state index contributed by atoms with van der Waals surface area (Å²) in [4.78, 5) is 12.0. The number of nitrogens with zero attached hydrogens (tertiary/aromatic N) is 5. The van der Waals surface area contributed by atoms with Crippen molar-refractivity contribution in [2.75, 3.05) is 12.3 Å². The zero-order chi connectivity index (χ0) is 20.4. The molecule has 3 aromatic heterocycles. The average Bonchev–Trinajstić information content (AvgIpc) is 3.30. The number of carbonyl (C=O) groups excluding carboxylic acids is 1. The molecule has 4 rings (SSSR count). The van der Waals surface area contributed by atoms with Crippen LogP contribution >= 0.6 is 23.4 Å². The fraction of sp³-hybridized carbons (Fsp3) is 0.300. The first-order valence-corrected chi connectivity index (χ1v) is 10.8. The molecule has 1 amide bonds. The van der Waals surface area contributed by atoms with Gasteiger partial charge in [0, 0.05) is 29.5 Å². The third-order valence-corrected chi connectivity index (χ3v) is 5.70. The summed E-state index contributed by atoms with van der Waals surface area (Å²) < 4.78 is 3.66. The van der Waals surface area contributed by atoms with Crippen LogP contribution in [0.3, 0.4) is 0 Å². The average molecular weight is 429 g/mol. The van der Waals surface area contributed by atoms with Crippen molar-refractivity contribution in [3.63, 3.8) is 0 Å². The van der Waals surface area contributed by atoms with Crippen molar-refractivity contribution in [2.24, 2.45) is 5.92 Å². The minimum absolute atomic E-state index is 0.00264. The lowest BCUT2D eigenvalue weighted by Crippen LogP contribution is -2.27. The van der Waals surface area contributed by atoms with Crippen LogP contribution < -0.4 is 5.32 Å². The van der Waals surface area contributed by atoms with E-state index in [-0.39, 0.29) is 5.91 Å². The van der Waals surface area contributed by atoms with E-state index in [2.05, 4.69) is 34.5 Å². The van der Waals surface area contributed by atoms with Gasteiger partial charge in [-0.1, -0.05) is 49.3 Å². The fourth-order valence-electron chi connectivity index (χ4n) is 2.93. The Morgan fingerprint density at radius 3 is 2.76 bits per heavy atom. The molecule has 0 spiro atoms. The van der Waals surface area contributed by atoms with E-state index >= 15 is 0 Å². The molecule has 0 aliphatic heterocycles. The number of thioether (sulfide) groups is 1. The van der Waals surface area contributed by atoms with Crippen LogP contribution in [-0.2, 0) is 4.79 Å². The summed E-state index contributed by atoms with van der Waals surface area (Å²) >= 11 is 7.34. The monoisotopic (exact) mass is 428 g/mol. The molecule has 3 heterocycles. The number of aromatic nitrogens is 5. The second-order valence-corrected chi connectivity index (χ2v) is 8.54. The highest BCUT2D eigenvalue weighted by Crippen LogP contribution is 2.25. The summed E-state index contributed by atoms with van der Waals surface area (Å²) in [5.74, 6) is 0.876. The molecule has 0 unspecified atom stereocenters. The number of carbonyl (C=O) groups is 1. The number of benzene rings is 1. The topological polar surface area (TPSA) is 76.6 Å². The van der Waals surface area contributed by atoms with E-state index in [0.29, 0.717) is 34.0 Å². The maximum Gasteiger partial charge on any atom is 0.230 e. The highest BCUT2D eigenvalue weighted by Gasteiger charge is 2.14. The molecule has 0 aliphatic carbocycles. The second-order valence-electron chi connectivity index (χ2n) is 7.16. The molecule has 7 nitrogen and oxygen atoms in total. The molecule has 4 aromatic rings. The van der Waals surface area contributed by atoms with Crippen molar-refractivity contribution in [1.29, 1.82) is 0 Å². The van der Waals surface area contributed by atoms with E-state index in [1.54, 1.807) is 4.52 Å². The molecule has 0 bridgehead atoms. The summed E-state index contributed by atoms with van der Waals surface area (Å²) in [6, 6.07) is 9.53. The van der Waals surface area contributed by atoms with Gasteiger partial charge >= 0.3 is 0 Å². The van der Waals surface area contributed by atoms with Crippen LogP contribution in [0.25, 0.3) is 22.4 Å². The minimum atomic E-state index is 0.00264. The molecule has 1 aromatic carbocycles. The van der Waals surface area contributed by atoms with E-state index < -0.39 is 0 Å². The van der Waals surface area contributed by atoms with E-state index in [4.69, 9.17) is 11.6 Å². The number of nitrogens with one attached hydrogen (secondary N) is 1. The third kappa shape index (κ3) is 4.38. The summed E-state index contributed by atoms with van der Waals surface area (Å²) in [7, 11) is 0. The number of hydrogen-bond acceptors (Lipinski definition) is 5. The van der Waals surface area contributed by atoms with E-state index in [1.807, 2.05) is 47.1 Å². The fourth-order valence-corrected chi connectivity index (χ4v) is 3.81. The van der Waals surface area contributed by atoms with Gasteiger partial charge in [-0.2, -0.15) is 5.10 Å². The summed E-state index contributed by atoms with van der Waals surface area (Å²) in [6.07, 6.45) is 4.69. The number of hydrogen-bond donors (Lipinski definition) is 1. The van der Waals surface area contributed by atoms with Crippen LogP contribution in [0, 0.1) is 5.92 Å². The number of amides is 1. The number of rotatable bonds is 7. The van der Waals surface area contributed by atoms with Gasteiger partial charge in [-0.25, -0.2) is 4.52 Å². The Morgan fingerprint density at radius 1 is 1.21 bits per heavy atom. The van der Waals surface area contributed by atoms with Crippen molar-refractivity contribution < 1.29 is 4.79 Å². The van der Waals surface area contributed by atoms with Crippen molar-refractivity contribution in [1.82, 2.24) is 29.5 Å². The highest BCUT2D eigenvalue weighted by molar-refractivity contribution is 7.99. The van der Waals surface area contributed by atoms with Crippen LogP contribution in [0.5, 0.6) is 0 Å². The van der Waals surface area contributed by atoms with Crippen LogP contribution in [0.4, 0.5) is 0 Å². The summed E-state index contributed by atoms with van der Waals surface area (Å²) in [5, 5.41) is 17.5. The maximum atomic E-state index is 12.0. The molecule has 9 heteroatoms. The predicted octanol–water partition coefficient (Wildman–Crippen LogP) is 3.95. The van der Waals surface area contributed by atoms with Crippen LogP contribution in [0.1, 0.15) is 20.3 Å². The van der Waals surface area contributed by atoms with Crippen molar-refractivity contribution in [3.8, 4) is 11.3 Å². The number of halogens is 1. The first-order chi connectivity index (χ1) is 14.0. The SMILES string of the molecule is CC(C)CCNC(=O)CSc1nnc2c3cc(-c4ccc(Cl)cc4)nn3ccn12. The Hall–Kier alpha value is -2.58. The Kier molecular flexibility index (Phi) is 5.73. The van der Waals surface area contributed by atoms with Gasteiger partial charge < -0.3 is 5.32 Å². The zero-order valence-electron chi connectivity index (χ0n) is 16.2. The second kappa shape index (κ2) is 8.42. The molecule has 1 N–H and O–H groups in total. The highest BCUT2D eigenvalue weighted by atomic mass is 35.5. The van der Waals surface area contributed by atoms with Crippen molar-refractivity contribution >= 4 is 40.4 Å². The van der Waals surface area contributed by atoms with Gasteiger partial charge in [0.1, 0.15) is 5.52 Å². The zero-order valence-corrected chi connectivity index (χ0v) is 17.7. The van der Waals surface area contributed by atoms with Crippen molar-refractivity contribution in [3.05, 3.63) is 47.7 Å². The lowest BCUT2D eigenvalue weighted by atomic mass is 10.1. The Morgan fingerprint density at radius 2 is 2.00 bits per heavy atom. The normalized spacial score (nSPS) is 11.6. The predicted molar refractivity (Wildman–Crippen MR) is 115 cm³/mol. The molecular formula is C20H21ClN6OS. The molecule has 0 saturated heterocycles.